The zero-order chi connectivity index (χ0) is 50.0. The number of unbranched alkanes of at least 4 members (excludes halogenated alkanes) is 45. The summed E-state index contributed by atoms with van der Waals surface area (Å²) in [6, 6.07) is 0. The Balaban J connectivity index is 4.13. The van der Waals surface area contributed by atoms with Gasteiger partial charge in [-0.2, -0.15) is 0 Å². The molecule has 69 heavy (non-hydrogen) atoms. The molecule has 1 unspecified atom stereocenters. The zero-order valence-electron chi connectivity index (χ0n) is 46.9. The third-order valence-electron chi connectivity index (χ3n) is 14.3. The molecular weight excluding hydrogens is 853 g/mol. The lowest BCUT2D eigenvalue weighted by Crippen LogP contribution is -2.30. The number of carbonyl (C=O) groups is 3. The molecule has 0 N–H and O–H groups in total. The molecule has 0 spiro atoms. The summed E-state index contributed by atoms with van der Waals surface area (Å²) in [7, 11) is 0. The summed E-state index contributed by atoms with van der Waals surface area (Å²) in [5.74, 6) is -0.851. The highest BCUT2D eigenvalue weighted by atomic mass is 16.6. The van der Waals surface area contributed by atoms with Crippen LogP contribution in [0, 0.1) is 0 Å². The molecule has 6 nitrogen and oxygen atoms in total. The smallest absolute Gasteiger partial charge is 0.306 e. The van der Waals surface area contributed by atoms with Gasteiger partial charge >= 0.3 is 17.9 Å². The lowest BCUT2D eigenvalue weighted by atomic mass is 10.0. The predicted octanol–water partition coefficient (Wildman–Crippen LogP) is 20.9. The highest BCUT2D eigenvalue weighted by Gasteiger charge is 2.19. The van der Waals surface area contributed by atoms with E-state index in [1.165, 1.54) is 250 Å². The van der Waals surface area contributed by atoms with Gasteiger partial charge in [0.2, 0.25) is 0 Å². The van der Waals surface area contributed by atoms with E-state index in [1.54, 1.807) is 0 Å². The average molecular weight is 974 g/mol. The largest absolute Gasteiger partial charge is 0.462 e. The average Bonchev–Trinajstić information content (AvgIpc) is 3.35. The SMILES string of the molecule is CCCC/C=C\CCCCCCCC(=O)OCC(COC(=O)CCCCCCCCCCCCCCCCCCCCCCCCCCCC)OC(=O)CCCCCCCCCCCCCCCC. The summed E-state index contributed by atoms with van der Waals surface area (Å²) >= 11 is 0. The molecule has 0 radical (unpaired) electrons. The van der Waals surface area contributed by atoms with Gasteiger partial charge in [0.15, 0.2) is 6.10 Å². The standard InChI is InChI=1S/C63H120O6/c1-4-7-10-13-16-19-22-24-26-27-28-29-30-31-32-33-34-35-36-37-39-41-44-47-50-53-56-62(65)68-59-60(58-67-61(64)55-52-49-46-43-40-21-18-15-12-9-6-3)69-63(66)57-54-51-48-45-42-38-25-23-20-17-14-11-8-5-2/h15,18,60H,4-14,16-17,19-59H2,1-3H3/b18-15-. The van der Waals surface area contributed by atoms with Crippen molar-refractivity contribution in [3.63, 3.8) is 0 Å². The van der Waals surface area contributed by atoms with Crippen LogP contribution in [0.1, 0.15) is 355 Å². The second-order valence-electron chi connectivity index (χ2n) is 21.3. The number of hydrogen-bond acceptors (Lipinski definition) is 6. The molecule has 0 rings (SSSR count). The first-order valence-electron chi connectivity index (χ1n) is 31.2. The number of hydrogen-bond donors (Lipinski definition) is 0. The van der Waals surface area contributed by atoms with Crippen LogP contribution in [0.4, 0.5) is 0 Å². The molecule has 408 valence electrons. The van der Waals surface area contributed by atoms with Crippen molar-refractivity contribution >= 4 is 17.9 Å². The summed E-state index contributed by atoms with van der Waals surface area (Å²) in [6.07, 6.45) is 68.0. The Kier molecular flexibility index (Phi) is 57.1. The lowest BCUT2D eigenvalue weighted by molar-refractivity contribution is -0.167. The van der Waals surface area contributed by atoms with Crippen molar-refractivity contribution in [3.8, 4) is 0 Å². The Morgan fingerprint density at radius 1 is 0.275 bits per heavy atom. The topological polar surface area (TPSA) is 78.9 Å². The molecule has 0 aliphatic heterocycles. The molecule has 0 aromatic heterocycles. The summed E-state index contributed by atoms with van der Waals surface area (Å²) in [5, 5.41) is 0. The molecule has 0 saturated carbocycles. The van der Waals surface area contributed by atoms with Crippen LogP contribution in [-0.2, 0) is 28.6 Å². The van der Waals surface area contributed by atoms with Crippen molar-refractivity contribution in [2.24, 2.45) is 0 Å². The molecule has 0 aromatic carbocycles. The van der Waals surface area contributed by atoms with E-state index in [1.807, 2.05) is 0 Å². The minimum absolute atomic E-state index is 0.0665. The van der Waals surface area contributed by atoms with Crippen molar-refractivity contribution in [2.75, 3.05) is 13.2 Å². The number of carbonyl (C=O) groups excluding carboxylic acids is 3. The van der Waals surface area contributed by atoms with Crippen LogP contribution >= 0.6 is 0 Å². The molecule has 1 atom stereocenters. The maximum absolute atomic E-state index is 12.8. The maximum atomic E-state index is 12.8. The maximum Gasteiger partial charge on any atom is 0.306 e. The Morgan fingerprint density at radius 2 is 0.493 bits per heavy atom. The van der Waals surface area contributed by atoms with E-state index in [-0.39, 0.29) is 31.1 Å². The number of rotatable bonds is 58. The molecular formula is C63H120O6. The van der Waals surface area contributed by atoms with Crippen molar-refractivity contribution < 1.29 is 28.6 Å². The molecule has 0 aliphatic carbocycles. The van der Waals surface area contributed by atoms with Crippen LogP contribution in [0.15, 0.2) is 12.2 Å². The second kappa shape index (κ2) is 58.7. The van der Waals surface area contributed by atoms with Crippen LogP contribution in [0.3, 0.4) is 0 Å². The lowest BCUT2D eigenvalue weighted by Gasteiger charge is -2.18. The van der Waals surface area contributed by atoms with Gasteiger partial charge < -0.3 is 14.2 Å². The van der Waals surface area contributed by atoms with Gasteiger partial charge in [0.1, 0.15) is 13.2 Å². The Hall–Kier alpha value is -1.85. The van der Waals surface area contributed by atoms with Gasteiger partial charge in [-0.1, -0.05) is 309 Å². The van der Waals surface area contributed by atoms with Crippen LogP contribution in [0.5, 0.6) is 0 Å². The third kappa shape index (κ3) is 56.9. The highest BCUT2D eigenvalue weighted by molar-refractivity contribution is 5.71. The molecule has 0 heterocycles. The number of allylic oxidation sites excluding steroid dienone is 2. The number of ether oxygens (including phenoxy) is 3. The molecule has 0 fully saturated rings. The molecule has 0 saturated heterocycles. The quantitative estimate of drug-likeness (QED) is 0.0261. The third-order valence-corrected chi connectivity index (χ3v) is 14.3. The van der Waals surface area contributed by atoms with Crippen molar-refractivity contribution in [1.29, 1.82) is 0 Å². The molecule has 6 heteroatoms. The van der Waals surface area contributed by atoms with Gasteiger partial charge in [-0.05, 0) is 38.5 Å². The summed E-state index contributed by atoms with van der Waals surface area (Å²) in [4.78, 5) is 38.1. The fourth-order valence-electron chi connectivity index (χ4n) is 9.55. The van der Waals surface area contributed by atoms with Gasteiger partial charge in [0.05, 0.1) is 0 Å². The first kappa shape index (κ1) is 67.1. The van der Waals surface area contributed by atoms with Crippen LogP contribution in [0.25, 0.3) is 0 Å². The van der Waals surface area contributed by atoms with E-state index in [2.05, 4.69) is 32.9 Å². The highest BCUT2D eigenvalue weighted by Crippen LogP contribution is 2.18. The van der Waals surface area contributed by atoms with E-state index in [4.69, 9.17) is 14.2 Å². The summed E-state index contributed by atoms with van der Waals surface area (Å²) in [6.45, 7) is 6.66. The van der Waals surface area contributed by atoms with Crippen LogP contribution in [0.2, 0.25) is 0 Å². The normalized spacial score (nSPS) is 12.0. The van der Waals surface area contributed by atoms with Gasteiger partial charge in [0, 0.05) is 19.3 Å². The summed E-state index contributed by atoms with van der Waals surface area (Å²) < 4.78 is 16.9. The molecule has 0 aliphatic rings. The fraction of sp³-hybridized carbons (Fsp3) is 0.921. The zero-order valence-corrected chi connectivity index (χ0v) is 46.9. The van der Waals surface area contributed by atoms with E-state index < -0.39 is 6.10 Å². The second-order valence-corrected chi connectivity index (χ2v) is 21.3. The Labute approximate surface area is 431 Å². The van der Waals surface area contributed by atoms with Gasteiger partial charge in [0.25, 0.3) is 0 Å². The van der Waals surface area contributed by atoms with E-state index >= 15 is 0 Å². The van der Waals surface area contributed by atoms with Gasteiger partial charge in [-0.25, -0.2) is 0 Å². The van der Waals surface area contributed by atoms with Crippen LogP contribution < -0.4 is 0 Å². The van der Waals surface area contributed by atoms with Crippen molar-refractivity contribution in [2.45, 2.75) is 361 Å². The Morgan fingerprint density at radius 3 is 0.768 bits per heavy atom. The fourth-order valence-corrected chi connectivity index (χ4v) is 9.55. The van der Waals surface area contributed by atoms with Crippen molar-refractivity contribution in [3.05, 3.63) is 12.2 Å². The minimum Gasteiger partial charge on any atom is -0.462 e. The summed E-state index contributed by atoms with van der Waals surface area (Å²) in [5.41, 5.74) is 0. The van der Waals surface area contributed by atoms with Crippen LogP contribution in [-0.4, -0.2) is 37.2 Å². The van der Waals surface area contributed by atoms with Gasteiger partial charge in [-0.15, -0.1) is 0 Å². The van der Waals surface area contributed by atoms with Gasteiger partial charge in [-0.3, -0.25) is 14.4 Å². The van der Waals surface area contributed by atoms with Crippen molar-refractivity contribution in [1.82, 2.24) is 0 Å². The molecule has 0 bridgehead atoms. The Bertz CT molecular complexity index is 1070. The minimum atomic E-state index is -0.767. The predicted molar refractivity (Wildman–Crippen MR) is 298 cm³/mol. The number of esters is 3. The monoisotopic (exact) mass is 973 g/mol. The van der Waals surface area contributed by atoms with E-state index in [9.17, 15) is 14.4 Å². The molecule has 0 aromatic rings. The molecule has 0 amide bonds. The first-order chi connectivity index (χ1) is 34.0. The van der Waals surface area contributed by atoms with E-state index in [0.717, 1.165) is 64.2 Å². The van der Waals surface area contributed by atoms with E-state index in [0.29, 0.717) is 19.3 Å². The first-order valence-corrected chi connectivity index (χ1v) is 31.2.